The summed E-state index contributed by atoms with van der Waals surface area (Å²) in [6.07, 6.45) is 0.477. The maximum atomic E-state index is 14.3. The molecular weight excluding hydrogens is 386 g/mol. The van der Waals surface area contributed by atoms with Crippen LogP contribution in [0, 0.1) is 11.6 Å². The van der Waals surface area contributed by atoms with Crippen LogP contribution in [0.3, 0.4) is 0 Å². The van der Waals surface area contributed by atoms with Gasteiger partial charge in [0.25, 0.3) is 5.91 Å². The van der Waals surface area contributed by atoms with Gasteiger partial charge in [-0.1, -0.05) is 35.9 Å². The highest BCUT2D eigenvalue weighted by Gasteiger charge is 2.27. The Morgan fingerprint density at radius 2 is 1.79 bits per heavy atom. The molecule has 0 saturated carbocycles. The number of amides is 1. The second-order valence-electron chi connectivity index (χ2n) is 6.00. The van der Waals surface area contributed by atoms with Gasteiger partial charge in [0.15, 0.2) is 17.7 Å². The number of carbonyl (C=O) groups is 1. The zero-order valence-corrected chi connectivity index (χ0v) is 15.7. The number of halogens is 3. The molecule has 0 fully saturated rings. The number of rotatable bonds is 6. The number of hydrogen-bond donors (Lipinski definition) is 0. The zero-order chi connectivity index (χ0) is 20.1. The van der Waals surface area contributed by atoms with Crippen LogP contribution in [0.2, 0.25) is 5.02 Å². The number of hydrogen-bond acceptors (Lipinski definition) is 3. The molecule has 3 aromatic rings. The number of aromatic nitrogens is 1. The highest BCUT2D eigenvalue weighted by molar-refractivity contribution is 6.31. The number of nitrogens with zero attached hydrogens (tertiary/aromatic N) is 2. The summed E-state index contributed by atoms with van der Waals surface area (Å²) in [5, 5.41) is 0.191. The van der Waals surface area contributed by atoms with Gasteiger partial charge < -0.3 is 4.74 Å². The maximum absolute atomic E-state index is 14.3. The molecule has 144 valence electrons. The van der Waals surface area contributed by atoms with Crippen molar-refractivity contribution in [1.29, 1.82) is 0 Å². The molecule has 1 amide bonds. The Morgan fingerprint density at radius 1 is 1.07 bits per heavy atom. The largest absolute Gasteiger partial charge is 0.478 e. The van der Waals surface area contributed by atoms with Crippen molar-refractivity contribution in [1.82, 2.24) is 4.98 Å². The summed E-state index contributed by atoms with van der Waals surface area (Å²) in [6, 6.07) is 15.1. The Bertz CT molecular complexity index is 949. The number of anilines is 1. The standard InChI is InChI=1S/C21H17ClF2N2O2/c1-14(28-19-10-3-2-8-18(19)24)21(27)26(20-11-4-5-12-25-20)13-15-16(22)7-6-9-17(15)23/h2-12,14H,13H2,1H3. The van der Waals surface area contributed by atoms with Crippen LogP contribution in [0.1, 0.15) is 12.5 Å². The van der Waals surface area contributed by atoms with Gasteiger partial charge in [0.1, 0.15) is 11.6 Å². The molecule has 0 saturated heterocycles. The van der Waals surface area contributed by atoms with Crippen LogP contribution in [0.25, 0.3) is 0 Å². The minimum atomic E-state index is -1.04. The van der Waals surface area contributed by atoms with E-state index in [-0.39, 0.29) is 22.9 Å². The van der Waals surface area contributed by atoms with E-state index >= 15 is 0 Å². The summed E-state index contributed by atoms with van der Waals surface area (Å²) in [5.74, 6) is -1.38. The Balaban J connectivity index is 1.90. The lowest BCUT2D eigenvalue weighted by molar-refractivity contribution is -0.124. The highest BCUT2D eigenvalue weighted by atomic mass is 35.5. The molecule has 0 N–H and O–H groups in total. The third-order valence-corrected chi connectivity index (χ3v) is 4.41. The molecule has 28 heavy (non-hydrogen) atoms. The van der Waals surface area contributed by atoms with Crippen molar-refractivity contribution >= 4 is 23.3 Å². The Kier molecular flexibility index (Phi) is 6.21. The topological polar surface area (TPSA) is 42.4 Å². The van der Waals surface area contributed by atoms with Crippen LogP contribution in [-0.4, -0.2) is 17.0 Å². The first kappa shape index (κ1) is 19.8. The van der Waals surface area contributed by atoms with Crippen LogP contribution in [0.4, 0.5) is 14.6 Å². The van der Waals surface area contributed by atoms with Gasteiger partial charge in [0.05, 0.1) is 6.54 Å². The molecule has 2 aromatic carbocycles. The number of benzene rings is 2. The molecule has 7 heteroatoms. The zero-order valence-electron chi connectivity index (χ0n) is 15.0. The molecule has 1 heterocycles. The van der Waals surface area contributed by atoms with Crippen molar-refractivity contribution in [3.8, 4) is 5.75 Å². The predicted molar refractivity (Wildman–Crippen MR) is 103 cm³/mol. The lowest BCUT2D eigenvalue weighted by Gasteiger charge is -2.26. The number of pyridine rings is 1. The van der Waals surface area contributed by atoms with Crippen LogP contribution in [-0.2, 0) is 11.3 Å². The van der Waals surface area contributed by atoms with Gasteiger partial charge in [-0.15, -0.1) is 0 Å². The first-order chi connectivity index (χ1) is 13.5. The number of para-hydroxylation sites is 1. The monoisotopic (exact) mass is 402 g/mol. The summed E-state index contributed by atoms with van der Waals surface area (Å²) in [6.45, 7) is 1.35. The van der Waals surface area contributed by atoms with Crippen LogP contribution in [0.5, 0.6) is 5.75 Å². The molecule has 4 nitrogen and oxygen atoms in total. The Hall–Kier alpha value is -2.99. The van der Waals surface area contributed by atoms with Crippen LogP contribution < -0.4 is 9.64 Å². The highest BCUT2D eigenvalue weighted by Crippen LogP contribution is 2.25. The van der Waals surface area contributed by atoms with E-state index in [0.717, 1.165) is 0 Å². The lowest BCUT2D eigenvalue weighted by Crippen LogP contribution is -2.41. The molecule has 1 aromatic heterocycles. The minimum Gasteiger partial charge on any atom is -0.478 e. The van der Waals surface area contributed by atoms with E-state index in [1.54, 1.807) is 30.3 Å². The summed E-state index contributed by atoms with van der Waals surface area (Å²) >= 11 is 6.12. The van der Waals surface area contributed by atoms with Crippen molar-refractivity contribution in [2.75, 3.05) is 4.90 Å². The van der Waals surface area contributed by atoms with Crippen LogP contribution in [0.15, 0.2) is 66.9 Å². The van der Waals surface area contributed by atoms with E-state index in [9.17, 15) is 13.6 Å². The molecular formula is C21H17ClF2N2O2. The third kappa shape index (κ3) is 4.46. The second-order valence-corrected chi connectivity index (χ2v) is 6.41. The first-order valence-corrected chi connectivity index (χ1v) is 8.91. The number of carbonyl (C=O) groups excluding carboxylic acids is 1. The van der Waals surface area contributed by atoms with Crippen molar-refractivity contribution in [3.63, 3.8) is 0 Å². The van der Waals surface area contributed by atoms with E-state index < -0.39 is 23.6 Å². The molecule has 3 rings (SSSR count). The van der Waals surface area contributed by atoms with Gasteiger partial charge in [0, 0.05) is 16.8 Å². The molecule has 1 unspecified atom stereocenters. The van der Waals surface area contributed by atoms with Crippen molar-refractivity contribution in [2.24, 2.45) is 0 Å². The Labute approximate surface area is 166 Å². The van der Waals surface area contributed by atoms with Gasteiger partial charge in [-0.05, 0) is 43.3 Å². The van der Waals surface area contributed by atoms with Gasteiger partial charge in [-0.25, -0.2) is 13.8 Å². The molecule has 0 spiro atoms. The lowest BCUT2D eigenvalue weighted by atomic mass is 10.1. The predicted octanol–water partition coefficient (Wildman–Crippen LogP) is 5.01. The third-order valence-electron chi connectivity index (χ3n) is 4.06. The minimum absolute atomic E-state index is 0.0479. The maximum Gasteiger partial charge on any atom is 0.269 e. The van der Waals surface area contributed by atoms with Crippen molar-refractivity contribution < 1.29 is 18.3 Å². The summed E-state index contributed by atoms with van der Waals surface area (Å²) in [4.78, 5) is 18.5. The molecule has 0 aliphatic rings. The van der Waals surface area contributed by atoms with E-state index in [1.165, 1.54) is 48.4 Å². The van der Waals surface area contributed by atoms with Gasteiger partial charge in [-0.2, -0.15) is 0 Å². The van der Waals surface area contributed by atoms with Gasteiger partial charge >= 0.3 is 0 Å². The Morgan fingerprint density at radius 3 is 2.46 bits per heavy atom. The molecule has 0 aliphatic carbocycles. The van der Waals surface area contributed by atoms with Crippen molar-refractivity contribution in [3.05, 3.63) is 89.1 Å². The summed E-state index contributed by atoms with van der Waals surface area (Å²) in [7, 11) is 0. The summed E-state index contributed by atoms with van der Waals surface area (Å²) in [5.41, 5.74) is 0.154. The fourth-order valence-electron chi connectivity index (χ4n) is 2.63. The fraction of sp³-hybridized carbons (Fsp3) is 0.143. The van der Waals surface area contributed by atoms with Crippen molar-refractivity contribution in [2.45, 2.75) is 19.6 Å². The van der Waals surface area contributed by atoms with Gasteiger partial charge in [-0.3, -0.25) is 9.69 Å². The van der Waals surface area contributed by atoms with Crippen LogP contribution >= 0.6 is 11.6 Å². The molecule has 0 aliphatic heterocycles. The second kappa shape index (κ2) is 8.80. The quantitative estimate of drug-likeness (QED) is 0.581. The smallest absolute Gasteiger partial charge is 0.269 e. The molecule has 0 bridgehead atoms. The average Bonchev–Trinajstić information content (AvgIpc) is 2.70. The molecule has 0 radical (unpaired) electrons. The van der Waals surface area contributed by atoms with E-state index in [2.05, 4.69) is 4.98 Å². The summed E-state index contributed by atoms with van der Waals surface area (Å²) < 4.78 is 33.6. The SMILES string of the molecule is CC(Oc1ccccc1F)C(=O)N(Cc1c(F)cccc1Cl)c1ccccn1. The van der Waals surface area contributed by atoms with E-state index in [0.29, 0.717) is 5.82 Å². The fourth-order valence-corrected chi connectivity index (χ4v) is 2.85. The van der Waals surface area contributed by atoms with E-state index in [4.69, 9.17) is 16.3 Å². The van der Waals surface area contributed by atoms with Gasteiger partial charge in [0.2, 0.25) is 0 Å². The first-order valence-electron chi connectivity index (χ1n) is 8.54. The normalized spacial score (nSPS) is 11.7. The molecule has 1 atom stereocenters. The van der Waals surface area contributed by atoms with E-state index in [1.807, 2.05) is 0 Å². The average molecular weight is 403 g/mol. The number of ether oxygens (including phenoxy) is 1.